The molecule has 2 atom stereocenters. The van der Waals surface area contributed by atoms with E-state index in [4.69, 9.17) is 4.74 Å². The van der Waals surface area contributed by atoms with Crippen molar-refractivity contribution in [3.8, 4) is 0 Å². The van der Waals surface area contributed by atoms with Crippen LogP contribution in [-0.2, 0) is 9.47 Å². The Morgan fingerprint density at radius 3 is 2.60 bits per heavy atom. The summed E-state index contributed by atoms with van der Waals surface area (Å²) in [6.07, 6.45) is 5.96. The minimum absolute atomic E-state index is 0.0173. The molecule has 1 saturated carbocycles. The van der Waals surface area contributed by atoms with Gasteiger partial charge in [-0.25, -0.2) is 4.99 Å². The maximum atomic E-state index is 12.3. The average molecular weight is 422 g/mol. The lowest BCUT2D eigenvalue weighted by atomic mass is 9.95. The molecule has 2 aliphatic rings. The Hall–Kier alpha value is -1.02. The first kappa shape index (κ1) is 20.3. The number of ether oxygens (including phenoxy) is 2. The monoisotopic (exact) mass is 421 g/mol. The molecule has 0 spiro atoms. The van der Waals surface area contributed by atoms with Crippen LogP contribution in [0.3, 0.4) is 0 Å². The first-order chi connectivity index (χ1) is 11.9. The van der Waals surface area contributed by atoms with E-state index in [9.17, 15) is 8.78 Å². The summed E-state index contributed by atoms with van der Waals surface area (Å²) in [5.41, 5.74) is 0. The van der Waals surface area contributed by atoms with Crippen LogP contribution in [-0.4, -0.2) is 61.6 Å². The highest BCUT2D eigenvalue weighted by atomic mass is 79.9. The molecule has 0 saturated heterocycles. The van der Waals surface area contributed by atoms with Crippen LogP contribution < -0.4 is 0 Å². The van der Waals surface area contributed by atoms with Gasteiger partial charge in [0.2, 0.25) is 5.90 Å². The third kappa shape index (κ3) is 6.33. The lowest BCUT2D eigenvalue weighted by molar-refractivity contribution is -0.173. The second-order valence-corrected chi connectivity index (χ2v) is 7.29. The highest BCUT2D eigenvalue weighted by Gasteiger charge is 2.28. The first-order valence-electron chi connectivity index (χ1n) is 8.68. The van der Waals surface area contributed by atoms with Crippen molar-refractivity contribution < 1.29 is 18.3 Å². The van der Waals surface area contributed by atoms with E-state index in [1.807, 2.05) is 31.3 Å². The summed E-state index contributed by atoms with van der Waals surface area (Å²) in [4.78, 5) is 11.2. The summed E-state index contributed by atoms with van der Waals surface area (Å²) in [6, 6.07) is -0.0535. The van der Waals surface area contributed by atoms with Crippen LogP contribution in [0.4, 0.5) is 8.78 Å². The molecule has 2 rings (SSSR count). The Balaban J connectivity index is 1.87. The third-order valence-corrected chi connectivity index (χ3v) is 5.07. The molecule has 0 aromatic carbocycles. The molecular formula is C17H26BrF2N3O2. The molecule has 0 amide bonds. The van der Waals surface area contributed by atoms with Gasteiger partial charge in [-0.3, -0.25) is 4.99 Å². The number of halogens is 3. The SMILES string of the molecule is CCN(C)C=NC1C=C(Br)C(OC2CCC(OC(F)F)CC2)=NC1C. The summed E-state index contributed by atoms with van der Waals surface area (Å²) in [5.74, 6) is 0.570. The molecule has 142 valence electrons. The second-order valence-electron chi connectivity index (χ2n) is 6.43. The topological polar surface area (TPSA) is 46.4 Å². The van der Waals surface area contributed by atoms with Gasteiger partial charge >= 0.3 is 6.61 Å². The van der Waals surface area contributed by atoms with Crippen LogP contribution in [0.25, 0.3) is 0 Å². The Labute approximate surface area is 156 Å². The summed E-state index contributed by atoms with van der Waals surface area (Å²) in [6.45, 7) is 2.26. The van der Waals surface area contributed by atoms with E-state index >= 15 is 0 Å². The highest BCUT2D eigenvalue weighted by molar-refractivity contribution is 9.12. The first-order valence-corrected chi connectivity index (χ1v) is 9.47. The van der Waals surface area contributed by atoms with Crippen molar-refractivity contribution in [1.29, 1.82) is 0 Å². The summed E-state index contributed by atoms with van der Waals surface area (Å²) >= 11 is 3.51. The predicted octanol–water partition coefficient (Wildman–Crippen LogP) is 3.98. The lowest BCUT2D eigenvalue weighted by Gasteiger charge is -2.30. The molecule has 5 nitrogen and oxygen atoms in total. The molecule has 1 aliphatic heterocycles. The van der Waals surface area contributed by atoms with E-state index in [0.717, 1.165) is 11.0 Å². The molecule has 0 aromatic rings. The van der Waals surface area contributed by atoms with Crippen molar-refractivity contribution in [3.05, 3.63) is 10.6 Å². The van der Waals surface area contributed by atoms with E-state index in [1.165, 1.54) is 0 Å². The number of alkyl halides is 2. The van der Waals surface area contributed by atoms with Gasteiger partial charge in [0.05, 0.1) is 29.0 Å². The van der Waals surface area contributed by atoms with Gasteiger partial charge in [-0.05, 0) is 61.5 Å². The van der Waals surface area contributed by atoms with Crippen LogP contribution in [0, 0.1) is 0 Å². The van der Waals surface area contributed by atoms with Crippen molar-refractivity contribution in [2.45, 2.75) is 70.4 Å². The number of hydrogen-bond acceptors (Lipinski definition) is 4. The van der Waals surface area contributed by atoms with Crippen LogP contribution in [0.1, 0.15) is 39.5 Å². The van der Waals surface area contributed by atoms with Crippen molar-refractivity contribution in [3.63, 3.8) is 0 Å². The zero-order valence-electron chi connectivity index (χ0n) is 14.9. The lowest BCUT2D eigenvalue weighted by Crippen LogP contribution is -2.32. The average Bonchev–Trinajstić information content (AvgIpc) is 2.57. The molecule has 2 unspecified atom stereocenters. The molecule has 0 N–H and O–H groups in total. The van der Waals surface area contributed by atoms with Gasteiger partial charge in [0.15, 0.2) is 0 Å². The van der Waals surface area contributed by atoms with Crippen LogP contribution in [0.2, 0.25) is 0 Å². The Morgan fingerprint density at radius 2 is 2.00 bits per heavy atom. The van der Waals surface area contributed by atoms with Gasteiger partial charge in [0.1, 0.15) is 6.10 Å². The Kier molecular flexibility index (Phi) is 7.81. The van der Waals surface area contributed by atoms with E-state index in [-0.39, 0.29) is 24.3 Å². The van der Waals surface area contributed by atoms with Crippen LogP contribution in [0.5, 0.6) is 0 Å². The fourth-order valence-corrected chi connectivity index (χ4v) is 3.27. The molecule has 0 radical (unpaired) electrons. The number of nitrogens with zero attached hydrogens (tertiary/aromatic N) is 3. The molecule has 25 heavy (non-hydrogen) atoms. The fraction of sp³-hybridized carbons (Fsp3) is 0.765. The van der Waals surface area contributed by atoms with Gasteiger partial charge in [-0.1, -0.05) is 0 Å². The van der Waals surface area contributed by atoms with Crippen molar-refractivity contribution >= 4 is 28.2 Å². The van der Waals surface area contributed by atoms with Crippen molar-refractivity contribution in [1.82, 2.24) is 4.90 Å². The minimum Gasteiger partial charge on any atom is -0.474 e. The van der Waals surface area contributed by atoms with Crippen LogP contribution >= 0.6 is 15.9 Å². The minimum atomic E-state index is -2.70. The quantitative estimate of drug-likeness (QED) is 0.481. The highest BCUT2D eigenvalue weighted by Crippen LogP contribution is 2.28. The van der Waals surface area contributed by atoms with E-state index < -0.39 is 6.61 Å². The predicted molar refractivity (Wildman–Crippen MR) is 98.7 cm³/mol. The number of dihydropyridines is 1. The van der Waals surface area contributed by atoms with Gasteiger partial charge in [-0.2, -0.15) is 8.78 Å². The van der Waals surface area contributed by atoms with E-state index in [2.05, 4.69) is 37.6 Å². The smallest absolute Gasteiger partial charge is 0.345 e. The van der Waals surface area contributed by atoms with Crippen LogP contribution in [0.15, 0.2) is 20.5 Å². The molecule has 1 aliphatic carbocycles. The molecule has 0 bridgehead atoms. The summed E-state index contributed by atoms with van der Waals surface area (Å²) in [5, 5.41) is 0. The largest absolute Gasteiger partial charge is 0.474 e. The fourth-order valence-electron chi connectivity index (χ4n) is 2.80. The van der Waals surface area contributed by atoms with Gasteiger partial charge < -0.3 is 14.4 Å². The van der Waals surface area contributed by atoms with Crippen molar-refractivity contribution in [2.24, 2.45) is 9.98 Å². The van der Waals surface area contributed by atoms with Gasteiger partial charge in [-0.15, -0.1) is 0 Å². The van der Waals surface area contributed by atoms with Gasteiger partial charge in [0, 0.05) is 13.6 Å². The maximum absolute atomic E-state index is 12.3. The summed E-state index contributed by atoms with van der Waals surface area (Å²) in [7, 11) is 1.97. The molecule has 1 heterocycles. The third-order valence-electron chi connectivity index (χ3n) is 4.47. The molecular weight excluding hydrogens is 396 g/mol. The maximum Gasteiger partial charge on any atom is 0.345 e. The second kappa shape index (κ2) is 9.62. The Morgan fingerprint density at radius 1 is 1.36 bits per heavy atom. The normalized spacial score (nSPS) is 30.4. The van der Waals surface area contributed by atoms with Crippen molar-refractivity contribution in [2.75, 3.05) is 13.6 Å². The zero-order chi connectivity index (χ0) is 18.4. The van der Waals surface area contributed by atoms with E-state index in [1.54, 1.807) is 0 Å². The molecule has 1 fully saturated rings. The molecule has 0 aromatic heterocycles. The standard InChI is InChI=1S/C17H26BrF2N3O2/c1-4-23(3)10-21-15-9-14(18)16(22-11(15)2)24-12-5-7-13(8-6-12)25-17(19)20/h9-13,15,17H,4-8H2,1-3H3. The Bertz CT molecular complexity index is 520. The van der Waals surface area contributed by atoms with E-state index in [0.29, 0.717) is 31.6 Å². The number of rotatable bonds is 6. The summed E-state index contributed by atoms with van der Waals surface area (Å²) < 4.78 is 35.9. The number of hydrogen-bond donors (Lipinski definition) is 0. The number of aliphatic imine (C=N–C) groups is 2. The zero-order valence-corrected chi connectivity index (χ0v) is 16.5. The molecule has 8 heteroatoms. The van der Waals surface area contributed by atoms with Gasteiger partial charge in [0.25, 0.3) is 0 Å².